The van der Waals surface area contributed by atoms with Gasteiger partial charge >= 0.3 is 0 Å². The molecule has 0 fully saturated rings. The zero-order chi connectivity index (χ0) is 15.1. The second kappa shape index (κ2) is 5.48. The molecule has 0 saturated carbocycles. The van der Waals surface area contributed by atoms with Crippen LogP contribution in [0.1, 0.15) is 28.5 Å². The van der Waals surface area contributed by atoms with Crippen molar-refractivity contribution in [1.29, 1.82) is 0 Å². The van der Waals surface area contributed by atoms with Crippen LogP contribution in [-0.2, 0) is 6.42 Å². The number of nitrogens with zero attached hydrogens (tertiary/aromatic N) is 1. The van der Waals surface area contributed by atoms with Gasteiger partial charge in [0.15, 0.2) is 0 Å². The first-order chi connectivity index (χ1) is 9.95. The van der Waals surface area contributed by atoms with Gasteiger partial charge in [-0.25, -0.2) is 0 Å². The maximum atomic E-state index is 10.9. The van der Waals surface area contributed by atoms with Gasteiger partial charge in [-0.2, -0.15) is 0 Å². The first-order valence-corrected chi connectivity index (χ1v) is 8.02. The third-order valence-corrected chi connectivity index (χ3v) is 5.31. The number of anilines is 1. The minimum Gasteiger partial charge on any atom is -0.378 e. The summed E-state index contributed by atoms with van der Waals surface area (Å²) in [5.41, 5.74) is 2.79. The van der Waals surface area contributed by atoms with Crippen LogP contribution in [0.5, 0.6) is 0 Å². The topological polar surface area (TPSA) is 55.2 Å². The van der Waals surface area contributed by atoms with Crippen molar-refractivity contribution in [2.75, 3.05) is 5.32 Å². The average Bonchev–Trinajstić information content (AvgIpc) is 2.93. The van der Waals surface area contributed by atoms with Crippen LogP contribution in [-0.4, -0.2) is 4.92 Å². The molecule has 1 N–H and O–H groups in total. The SMILES string of the molecule is Cc1cc([N+](=O)[O-])c(Cl)cc1NC1CCc2sc(Cl)cc21. The van der Waals surface area contributed by atoms with Crippen molar-refractivity contribution in [3.63, 3.8) is 0 Å². The maximum absolute atomic E-state index is 10.9. The Morgan fingerprint density at radius 2 is 2.14 bits per heavy atom. The van der Waals surface area contributed by atoms with Crippen molar-refractivity contribution in [1.82, 2.24) is 0 Å². The summed E-state index contributed by atoms with van der Waals surface area (Å²) in [6.07, 6.45) is 2.00. The summed E-state index contributed by atoms with van der Waals surface area (Å²) in [5, 5.41) is 14.5. The number of hydrogen-bond acceptors (Lipinski definition) is 4. The number of nitro benzene ring substituents is 1. The third kappa shape index (κ3) is 2.73. The fourth-order valence-electron chi connectivity index (χ4n) is 2.63. The highest BCUT2D eigenvalue weighted by Gasteiger charge is 2.26. The lowest BCUT2D eigenvalue weighted by molar-refractivity contribution is -0.384. The van der Waals surface area contributed by atoms with Gasteiger partial charge in [-0.1, -0.05) is 23.2 Å². The molecule has 1 atom stereocenters. The Morgan fingerprint density at radius 3 is 2.86 bits per heavy atom. The predicted octanol–water partition coefficient (Wildman–Crippen LogP) is 5.37. The third-order valence-electron chi connectivity index (χ3n) is 3.67. The van der Waals surface area contributed by atoms with Gasteiger partial charge in [0.2, 0.25) is 0 Å². The lowest BCUT2D eigenvalue weighted by Crippen LogP contribution is -2.08. The van der Waals surface area contributed by atoms with Gasteiger partial charge in [-0.15, -0.1) is 11.3 Å². The number of rotatable bonds is 3. The molecule has 7 heteroatoms. The lowest BCUT2D eigenvalue weighted by atomic mass is 10.1. The Bertz CT molecular complexity index is 730. The molecule has 1 aliphatic carbocycles. The summed E-state index contributed by atoms with van der Waals surface area (Å²) in [7, 11) is 0. The molecule has 0 spiro atoms. The molecular formula is C14H12Cl2N2O2S. The van der Waals surface area contributed by atoms with Gasteiger partial charge < -0.3 is 5.32 Å². The van der Waals surface area contributed by atoms with Crippen molar-refractivity contribution in [3.8, 4) is 0 Å². The van der Waals surface area contributed by atoms with Crippen molar-refractivity contribution in [3.05, 3.63) is 53.7 Å². The van der Waals surface area contributed by atoms with Gasteiger partial charge in [0.1, 0.15) is 5.02 Å². The van der Waals surface area contributed by atoms with Gasteiger partial charge in [0.25, 0.3) is 5.69 Å². The van der Waals surface area contributed by atoms with Crippen LogP contribution >= 0.6 is 34.5 Å². The van der Waals surface area contributed by atoms with E-state index in [0.717, 1.165) is 28.4 Å². The molecule has 0 radical (unpaired) electrons. The number of halogens is 2. The molecule has 110 valence electrons. The molecule has 1 heterocycles. The standard InChI is InChI=1S/C14H12Cl2N2O2S/c1-7-4-12(18(19)20)9(15)6-11(7)17-10-2-3-13-8(10)5-14(16)21-13/h4-6,10,17H,2-3H2,1H3. The van der Waals surface area contributed by atoms with E-state index < -0.39 is 4.92 Å². The smallest absolute Gasteiger partial charge is 0.288 e. The summed E-state index contributed by atoms with van der Waals surface area (Å²) in [4.78, 5) is 11.7. The van der Waals surface area contributed by atoms with E-state index >= 15 is 0 Å². The Balaban J connectivity index is 1.89. The predicted molar refractivity (Wildman–Crippen MR) is 86.9 cm³/mol. The molecule has 21 heavy (non-hydrogen) atoms. The summed E-state index contributed by atoms with van der Waals surface area (Å²) in [5.74, 6) is 0. The van der Waals surface area contributed by atoms with Crippen LogP contribution in [0, 0.1) is 17.0 Å². The molecule has 0 bridgehead atoms. The van der Waals surface area contributed by atoms with Crippen LogP contribution in [0.3, 0.4) is 0 Å². The first kappa shape index (κ1) is 14.6. The van der Waals surface area contributed by atoms with Crippen molar-refractivity contribution >= 4 is 45.9 Å². The molecule has 1 unspecified atom stereocenters. The maximum Gasteiger partial charge on any atom is 0.288 e. The van der Waals surface area contributed by atoms with E-state index in [9.17, 15) is 10.1 Å². The normalized spacial score (nSPS) is 16.8. The zero-order valence-corrected chi connectivity index (χ0v) is 13.5. The molecule has 1 aromatic carbocycles. The van der Waals surface area contributed by atoms with E-state index in [1.807, 2.05) is 13.0 Å². The summed E-state index contributed by atoms with van der Waals surface area (Å²) >= 11 is 13.7. The molecule has 1 aromatic heterocycles. The highest BCUT2D eigenvalue weighted by atomic mass is 35.5. The quantitative estimate of drug-likeness (QED) is 0.602. The van der Waals surface area contributed by atoms with E-state index in [1.165, 1.54) is 16.5 Å². The minimum absolute atomic E-state index is 0.0644. The van der Waals surface area contributed by atoms with Crippen LogP contribution in [0.25, 0.3) is 0 Å². The van der Waals surface area contributed by atoms with Crippen molar-refractivity contribution in [2.45, 2.75) is 25.8 Å². The fourth-order valence-corrected chi connectivity index (χ4v) is 4.22. The van der Waals surface area contributed by atoms with Crippen LogP contribution in [0.2, 0.25) is 9.36 Å². The molecule has 1 aliphatic rings. The Kier molecular flexibility index (Phi) is 3.82. The fraction of sp³-hybridized carbons (Fsp3) is 0.286. The number of nitro groups is 1. The second-order valence-corrected chi connectivity index (χ2v) is 7.22. The monoisotopic (exact) mass is 342 g/mol. The minimum atomic E-state index is -0.467. The van der Waals surface area contributed by atoms with Crippen LogP contribution in [0.15, 0.2) is 18.2 Å². The molecule has 0 aliphatic heterocycles. The Morgan fingerprint density at radius 1 is 1.38 bits per heavy atom. The summed E-state index contributed by atoms with van der Waals surface area (Å²) in [6, 6.07) is 5.30. The highest BCUT2D eigenvalue weighted by Crippen LogP contribution is 2.42. The number of nitrogens with one attached hydrogen (secondary N) is 1. The van der Waals surface area contributed by atoms with E-state index in [4.69, 9.17) is 23.2 Å². The van der Waals surface area contributed by atoms with E-state index in [-0.39, 0.29) is 16.8 Å². The van der Waals surface area contributed by atoms with E-state index in [0.29, 0.717) is 0 Å². The molecule has 4 nitrogen and oxygen atoms in total. The number of fused-ring (bicyclic) bond motifs is 1. The van der Waals surface area contributed by atoms with Gasteiger partial charge in [0.05, 0.1) is 15.3 Å². The first-order valence-electron chi connectivity index (χ1n) is 6.45. The Labute approximate surface area is 135 Å². The number of benzene rings is 1. The number of aryl methyl sites for hydroxylation is 2. The van der Waals surface area contributed by atoms with Crippen molar-refractivity contribution in [2.24, 2.45) is 0 Å². The highest BCUT2D eigenvalue weighted by molar-refractivity contribution is 7.16. The zero-order valence-electron chi connectivity index (χ0n) is 11.2. The average molecular weight is 343 g/mol. The van der Waals surface area contributed by atoms with Crippen molar-refractivity contribution < 1.29 is 4.92 Å². The molecule has 3 rings (SSSR count). The molecule has 0 amide bonds. The molecule has 0 saturated heterocycles. The van der Waals surface area contributed by atoms with Gasteiger partial charge in [-0.3, -0.25) is 10.1 Å². The Hall–Kier alpha value is -1.30. The molecule has 2 aromatic rings. The van der Waals surface area contributed by atoms with Gasteiger partial charge in [-0.05, 0) is 43.0 Å². The second-order valence-electron chi connectivity index (χ2n) is 5.04. The summed E-state index contributed by atoms with van der Waals surface area (Å²) in [6.45, 7) is 1.84. The lowest BCUT2D eigenvalue weighted by Gasteiger charge is -2.17. The van der Waals surface area contributed by atoms with Crippen LogP contribution < -0.4 is 5.32 Å². The number of thiophene rings is 1. The summed E-state index contributed by atoms with van der Waals surface area (Å²) < 4.78 is 0.796. The van der Waals surface area contributed by atoms with Crippen LogP contribution in [0.4, 0.5) is 11.4 Å². The number of hydrogen-bond donors (Lipinski definition) is 1. The van der Waals surface area contributed by atoms with E-state index in [2.05, 4.69) is 5.32 Å². The van der Waals surface area contributed by atoms with E-state index in [1.54, 1.807) is 17.4 Å². The molecular weight excluding hydrogens is 331 g/mol. The van der Waals surface area contributed by atoms with Gasteiger partial charge in [0, 0.05) is 16.6 Å². The largest absolute Gasteiger partial charge is 0.378 e.